The second-order valence-electron chi connectivity index (χ2n) is 7.30. The Balaban J connectivity index is 1.96. The van der Waals surface area contributed by atoms with Crippen LogP contribution in [0.3, 0.4) is 0 Å². The number of nitrogens with zero attached hydrogens (tertiary/aromatic N) is 1. The number of carbonyl (C=O) groups excluding carboxylic acids is 1. The molecule has 0 aliphatic heterocycles. The maximum Gasteiger partial charge on any atom is 0.211 e. The summed E-state index contributed by atoms with van der Waals surface area (Å²) in [7, 11) is 0. The van der Waals surface area contributed by atoms with Gasteiger partial charge in [-0.2, -0.15) is 5.26 Å². The second-order valence-corrected chi connectivity index (χ2v) is 10.6. The standard InChI is InChI=1S/C28H21FNO2P/c29-22-16-18-23(19-17-22)32-21-27(31)28(20-30)33(24-10-4-1-5-11-24,25-12-6-2-7-13-25)26-14-8-3-9-15-26/h1-19H,21H2. The maximum atomic E-state index is 13.6. The van der Waals surface area contributed by atoms with Crippen molar-refractivity contribution in [2.24, 2.45) is 0 Å². The quantitative estimate of drug-likeness (QED) is 0.388. The van der Waals surface area contributed by atoms with Gasteiger partial charge in [0.2, 0.25) is 5.78 Å². The molecule has 0 saturated carbocycles. The highest BCUT2D eigenvalue weighted by atomic mass is 31.2. The molecular formula is C28H21FNO2P. The van der Waals surface area contributed by atoms with Crippen LogP contribution in [-0.2, 0) is 4.79 Å². The molecule has 0 radical (unpaired) electrons. The smallest absolute Gasteiger partial charge is 0.211 e. The van der Waals surface area contributed by atoms with Crippen LogP contribution in [0.5, 0.6) is 5.75 Å². The number of hydrogen-bond donors (Lipinski definition) is 0. The molecule has 0 aromatic heterocycles. The zero-order valence-corrected chi connectivity index (χ0v) is 18.7. The van der Waals surface area contributed by atoms with E-state index < -0.39 is 12.7 Å². The molecule has 0 aliphatic carbocycles. The molecule has 0 saturated heterocycles. The highest BCUT2D eigenvalue weighted by Gasteiger charge is 2.33. The van der Waals surface area contributed by atoms with Crippen LogP contribution in [-0.4, -0.2) is 17.7 Å². The minimum atomic E-state index is -2.78. The summed E-state index contributed by atoms with van der Waals surface area (Å²) >= 11 is 0. The third-order valence-corrected chi connectivity index (χ3v) is 9.56. The summed E-state index contributed by atoms with van der Waals surface area (Å²) in [4.78, 5) is 13.6. The Hall–Kier alpha value is -3.93. The first-order valence-electron chi connectivity index (χ1n) is 10.4. The fourth-order valence-corrected chi connectivity index (χ4v) is 7.98. The van der Waals surface area contributed by atoms with Crippen LogP contribution in [0.25, 0.3) is 0 Å². The van der Waals surface area contributed by atoms with Gasteiger partial charge in [0.1, 0.15) is 22.9 Å². The van der Waals surface area contributed by atoms with Gasteiger partial charge in [-0.3, -0.25) is 4.79 Å². The summed E-state index contributed by atoms with van der Waals surface area (Å²) in [5.41, 5.74) is 0. The predicted octanol–water partition coefficient (Wildman–Crippen LogP) is 4.46. The third-order valence-electron chi connectivity index (χ3n) is 5.32. The molecule has 0 atom stereocenters. The van der Waals surface area contributed by atoms with E-state index in [-0.39, 0.29) is 17.7 Å². The van der Waals surface area contributed by atoms with Crippen molar-refractivity contribution in [2.75, 3.05) is 6.61 Å². The van der Waals surface area contributed by atoms with Gasteiger partial charge in [-0.15, -0.1) is 0 Å². The van der Waals surface area contributed by atoms with E-state index >= 15 is 0 Å². The van der Waals surface area contributed by atoms with Crippen molar-refractivity contribution in [3.63, 3.8) is 0 Å². The molecule has 162 valence electrons. The first kappa shape index (κ1) is 22.3. The molecule has 3 nitrogen and oxygen atoms in total. The molecule has 4 rings (SSSR count). The number of rotatable bonds is 7. The van der Waals surface area contributed by atoms with Gasteiger partial charge in [-0.25, -0.2) is 4.39 Å². The Morgan fingerprint density at radius 1 is 0.727 bits per heavy atom. The van der Waals surface area contributed by atoms with Crippen LogP contribution in [0.2, 0.25) is 0 Å². The first-order chi connectivity index (χ1) is 16.2. The average molecular weight is 453 g/mol. The van der Waals surface area contributed by atoms with E-state index in [4.69, 9.17) is 4.74 Å². The van der Waals surface area contributed by atoms with E-state index in [0.29, 0.717) is 5.75 Å². The number of ketones is 1. The molecule has 0 bridgehead atoms. The number of nitriles is 1. The molecular weight excluding hydrogens is 432 g/mol. The number of ether oxygens (including phenoxy) is 1. The zero-order valence-electron chi connectivity index (χ0n) is 17.8. The second kappa shape index (κ2) is 10.1. The van der Waals surface area contributed by atoms with E-state index in [0.717, 1.165) is 15.9 Å². The van der Waals surface area contributed by atoms with E-state index in [1.54, 1.807) is 0 Å². The van der Waals surface area contributed by atoms with Crippen molar-refractivity contribution in [3.05, 3.63) is 121 Å². The summed E-state index contributed by atoms with van der Waals surface area (Å²) in [5.74, 6) is -0.419. The molecule has 0 unspecified atom stereocenters. The van der Waals surface area contributed by atoms with Gasteiger partial charge in [0.15, 0.2) is 6.61 Å². The molecule has 0 amide bonds. The van der Waals surface area contributed by atoms with Gasteiger partial charge in [-0.1, -0.05) is 91.0 Å². The van der Waals surface area contributed by atoms with Crippen LogP contribution in [0.4, 0.5) is 4.39 Å². The molecule has 0 aliphatic rings. The SMILES string of the molecule is N#CC(C(=O)COc1ccc(F)cc1)=P(c1ccccc1)(c1ccccc1)c1ccccc1. The van der Waals surface area contributed by atoms with E-state index in [1.165, 1.54) is 24.3 Å². The number of benzene rings is 4. The van der Waals surface area contributed by atoms with Gasteiger partial charge in [0, 0.05) is 0 Å². The van der Waals surface area contributed by atoms with Crippen LogP contribution >= 0.6 is 6.89 Å². The number of carbonyl (C=O) groups is 1. The van der Waals surface area contributed by atoms with Crippen LogP contribution in [0.15, 0.2) is 115 Å². The Bertz CT molecular complexity index is 1230. The van der Waals surface area contributed by atoms with Gasteiger partial charge in [-0.05, 0) is 47.1 Å². The molecule has 0 N–H and O–H groups in total. The lowest BCUT2D eigenvalue weighted by Crippen LogP contribution is -2.34. The lowest BCUT2D eigenvalue weighted by Gasteiger charge is -2.30. The number of halogens is 1. The maximum absolute atomic E-state index is 13.6. The molecule has 0 spiro atoms. The van der Waals surface area contributed by atoms with Gasteiger partial charge in [0.05, 0.1) is 0 Å². The zero-order chi connectivity index (χ0) is 23.1. The fraction of sp³-hybridized carbons (Fsp3) is 0.0357. The summed E-state index contributed by atoms with van der Waals surface area (Å²) in [6.45, 7) is -3.10. The minimum absolute atomic E-state index is 0.160. The molecule has 33 heavy (non-hydrogen) atoms. The fourth-order valence-electron chi connectivity index (χ4n) is 3.86. The molecule has 0 heterocycles. The summed E-state index contributed by atoms with van der Waals surface area (Å²) < 4.78 is 18.9. The van der Waals surface area contributed by atoms with Crippen molar-refractivity contribution < 1.29 is 13.9 Å². The first-order valence-corrected chi connectivity index (χ1v) is 12.2. The summed E-state index contributed by atoms with van der Waals surface area (Å²) in [6, 6.07) is 36.8. The Kier molecular flexibility index (Phi) is 6.83. The Labute approximate surface area is 192 Å². The third kappa shape index (κ3) is 4.51. The lowest BCUT2D eigenvalue weighted by molar-refractivity contribution is -0.114. The van der Waals surface area contributed by atoms with Crippen LogP contribution in [0.1, 0.15) is 0 Å². The van der Waals surface area contributed by atoms with E-state index in [2.05, 4.69) is 6.07 Å². The molecule has 5 heteroatoms. The highest BCUT2D eigenvalue weighted by molar-refractivity contribution is 7.96. The average Bonchev–Trinajstić information content (AvgIpc) is 2.88. The van der Waals surface area contributed by atoms with Crippen molar-refractivity contribution in [1.82, 2.24) is 0 Å². The largest absolute Gasteiger partial charge is 0.485 e. The Morgan fingerprint density at radius 3 is 1.55 bits per heavy atom. The molecule has 0 fully saturated rings. The van der Waals surface area contributed by atoms with Crippen molar-refractivity contribution in [1.29, 1.82) is 5.26 Å². The summed E-state index contributed by atoms with van der Waals surface area (Å²) in [5, 5.41) is 13.3. The monoisotopic (exact) mass is 453 g/mol. The molecule has 4 aromatic rings. The number of hydrogen-bond acceptors (Lipinski definition) is 3. The van der Waals surface area contributed by atoms with Crippen molar-refractivity contribution in [3.8, 4) is 11.8 Å². The topological polar surface area (TPSA) is 50.1 Å². The normalized spacial score (nSPS) is 10.8. The van der Waals surface area contributed by atoms with Crippen LogP contribution < -0.4 is 20.7 Å². The van der Waals surface area contributed by atoms with Gasteiger partial charge >= 0.3 is 0 Å². The van der Waals surface area contributed by atoms with Crippen LogP contribution in [0, 0.1) is 17.1 Å². The van der Waals surface area contributed by atoms with E-state index in [1.807, 2.05) is 91.0 Å². The van der Waals surface area contributed by atoms with Crippen molar-refractivity contribution in [2.45, 2.75) is 0 Å². The Morgan fingerprint density at radius 2 is 1.15 bits per heavy atom. The predicted molar refractivity (Wildman–Crippen MR) is 133 cm³/mol. The lowest BCUT2D eigenvalue weighted by atomic mass is 10.3. The molecule has 4 aromatic carbocycles. The number of Topliss-reactive ketones (excluding diaryl/α,β-unsaturated/α-hetero) is 1. The van der Waals surface area contributed by atoms with Crippen molar-refractivity contribution >= 4 is 33.9 Å². The minimum Gasteiger partial charge on any atom is -0.485 e. The van der Waals surface area contributed by atoms with Gasteiger partial charge < -0.3 is 4.74 Å². The summed E-state index contributed by atoms with van der Waals surface area (Å²) in [6.07, 6.45) is 0. The highest BCUT2D eigenvalue weighted by Crippen LogP contribution is 2.46. The van der Waals surface area contributed by atoms with E-state index in [9.17, 15) is 14.4 Å². The van der Waals surface area contributed by atoms with Gasteiger partial charge in [0.25, 0.3) is 0 Å².